The number of benzene rings is 3. The second-order valence-electron chi connectivity index (χ2n) is 6.19. The minimum absolute atomic E-state index is 0.0775. The van der Waals surface area contributed by atoms with Crippen molar-refractivity contribution in [3.8, 4) is 16.9 Å². The van der Waals surface area contributed by atoms with E-state index in [9.17, 15) is 14.7 Å². The van der Waals surface area contributed by atoms with Crippen LogP contribution in [0.1, 0.15) is 26.4 Å². The maximum atomic E-state index is 13.3. The van der Waals surface area contributed by atoms with Crippen LogP contribution < -0.4 is 0 Å². The number of carbonyl (C=O) groups excluding carboxylic acids is 1. The quantitative estimate of drug-likeness (QED) is 0.528. The number of aromatic carboxylic acids is 1. The Morgan fingerprint density at radius 1 is 0.750 bits per heavy atom. The highest BCUT2D eigenvalue weighted by Crippen LogP contribution is 2.30. The van der Waals surface area contributed by atoms with Gasteiger partial charge in [0.1, 0.15) is 5.69 Å². The summed E-state index contributed by atoms with van der Waals surface area (Å²) < 4.78 is 1.32. The number of nitrogens with zero attached hydrogens (tertiary/aromatic N) is 2. The lowest BCUT2D eigenvalue weighted by Crippen LogP contribution is -2.13. The molecule has 0 amide bonds. The van der Waals surface area contributed by atoms with Gasteiger partial charge < -0.3 is 5.11 Å². The van der Waals surface area contributed by atoms with E-state index in [4.69, 9.17) is 0 Å². The summed E-state index contributed by atoms with van der Waals surface area (Å²) in [4.78, 5) is 25.5. The van der Waals surface area contributed by atoms with Crippen LogP contribution in [0.25, 0.3) is 16.9 Å². The summed E-state index contributed by atoms with van der Waals surface area (Å²) >= 11 is 0. The largest absolute Gasteiger partial charge is 0.476 e. The van der Waals surface area contributed by atoms with E-state index in [0.29, 0.717) is 22.5 Å². The highest BCUT2D eigenvalue weighted by Gasteiger charge is 2.30. The number of hydrogen-bond acceptors (Lipinski definition) is 3. The zero-order valence-electron chi connectivity index (χ0n) is 14.8. The number of carboxylic acid groups (broad SMARTS) is 1. The Kier molecular flexibility index (Phi) is 4.56. The molecule has 0 aliphatic rings. The summed E-state index contributed by atoms with van der Waals surface area (Å²) in [7, 11) is 0. The lowest BCUT2D eigenvalue weighted by Gasteiger charge is -2.06. The summed E-state index contributed by atoms with van der Waals surface area (Å²) in [5.41, 5.74) is 1.93. The van der Waals surface area contributed by atoms with Crippen LogP contribution in [0.15, 0.2) is 91.0 Å². The molecule has 4 rings (SSSR count). The minimum Gasteiger partial charge on any atom is -0.476 e. The van der Waals surface area contributed by atoms with E-state index in [1.807, 2.05) is 36.4 Å². The van der Waals surface area contributed by atoms with E-state index in [-0.39, 0.29) is 17.0 Å². The molecule has 4 aromatic rings. The minimum atomic E-state index is -1.21. The summed E-state index contributed by atoms with van der Waals surface area (Å²) in [5, 5.41) is 14.5. The van der Waals surface area contributed by atoms with Gasteiger partial charge in [0.25, 0.3) is 0 Å². The van der Waals surface area contributed by atoms with Gasteiger partial charge in [0, 0.05) is 11.1 Å². The molecular formula is C23H16N2O3. The van der Waals surface area contributed by atoms with Gasteiger partial charge >= 0.3 is 5.97 Å². The summed E-state index contributed by atoms with van der Waals surface area (Å²) in [5.74, 6) is -1.59. The Balaban J connectivity index is 2.03. The number of aromatic nitrogens is 2. The average Bonchev–Trinajstić information content (AvgIpc) is 3.16. The second kappa shape index (κ2) is 7.32. The predicted molar refractivity (Wildman–Crippen MR) is 106 cm³/mol. The molecule has 5 nitrogen and oxygen atoms in total. The molecule has 0 aliphatic heterocycles. The van der Waals surface area contributed by atoms with Crippen LogP contribution >= 0.6 is 0 Å². The van der Waals surface area contributed by atoms with Gasteiger partial charge in [-0.25, -0.2) is 9.48 Å². The van der Waals surface area contributed by atoms with Crippen molar-refractivity contribution in [1.29, 1.82) is 0 Å². The van der Waals surface area contributed by atoms with Crippen LogP contribution in [0.2, 0.25) is 0 Å². The molecule has 0 bridgehead atoms. The molecule has 1 N–H and O–H groups in total. The molecular weight excluding hydrogens is 352 g/mol. The first-order chi connectivity index (χ1) is 13.7. The van der Waals surface area contributed by atoms with Crippen molar-refractivity contribution in [3.05, 3.63) is 108 Å². The monoisotopic (exact) mass is 368 g/mol. The van der Waals surface area contributed by atoms with E-state index in [0.717, 1.165) is 0 Å². The molecule has 3 aromatic carbocycles. The van der Waals surface area contributed by atoms with Crippen LogP contribution in [0.4, 0.5) is 0 Å². The second-order valence-corrected chi connectivity index (χ2v) is 6.19. The molecule has 1 heterocycles. The Bertz CT molecular complexity index is 1130. The highest BCUT2D eigenvalue weighted by atomic mass is 16.4. The Morgan fingerprint density at radius 2 is 1.29 bits per heavy atom. The van der Waals surface area contributed by atoms with Gasteiger partial charge in [0.2, 0.25) is 0 Å². The third kappa shape index (κ3) is 3.10. The standard InChI is InChI=1S/C23H16N2O3/c26-22(17-12-6-2-7-13-17)19-20(16-10-4-1-5-11-16)24-25(21(19)23(27)28)18-14-8-3-9-15-18/h1-15H,(H,27,28). The van der Waals surface area contributed by atoms with Gasteiger partial charge in [0.05, 0.1) is 11.3 Å². The maximum absolute atomic E-state index is 13.3. The molecule has 0 atom stereocenters. The number of para-hydroxylation sites is 1. The topological polar surface area (TPSA) is 72.2 Å². The summed E-state index contributed by atoms with van der Waals surface area (Å²) in [6.45, 7) is 0. The van der Waals surface area contributed by atoms with Gasteiger partial charge in [-0.2, -0.15) is 5.10 Å². The zero-order valence-corrected chi connectivity index (χ0v) is 14.8. The van der Waals surface area contributed by atoms with Crippen LogP contribution in [-0.4, -0.2) is 26.6 Å². The fraction of sp³-hybridized carbons (Fsp3) is 0. The molecule has 0 fully saturated rings. The van der Waals surface area contributed by atoms with Gasteiger partial charge in [-0.3, -0.25) is 4.79 Å². The Hall–Kier alpha value is -3.99. The van der Waals surface area contributed by atoms with Crippen LogP contribution in [0.5, 0.6) is 0 Å². The number of ketones is 1. The zero-order chi connectivity index (χ0) is 19.5. The lowest BCUT2D eigenvalue weighted by atomic mass is 9.97. The van der Waals surface area contributed by atoms with Gasteiger partial charge in [0.15, 0.2) is 11.5 Å². The molecule has 0 aliphatic carbocycles. The molecule has 0 radical (unpaired) electrons. The molecule has 0 spiro atoms. The van der Waals surface area contributed by atoms with Gasteiger partial charge in [-0.15, -0.1) is 0 Å². The van der Waals surface area contributed by atoms with Crippen LogP contribution in [0.3, 0.4) is 0 Å². The van der Waals surface area contributed by atoms with Crippen molar-refractivity contribution in [2.75, 3.05) is 0 Å². The van der Waals surface area contributed by atoms with Crippen molar-refractivity contribution in [1.82, 2.24) is 9.78 Å². The first-order valence-corrected chi connectivity index (χ1v) is 8.73. The van der Waals surface area contributed by atoms with E-state index < -0.39 is 5.97 Å². The molecule has 1 aromatic heterocycles. The van der Waals surface area contributed by atoms with Crippen molar-refractivity contribution >= 4 is 11.8 Å². The number of carbonyl (C=O) groups is 2. The molecule has 0 unspecified atom stereocenters. The number of hydrogen-bond donors (Lipinski definition) is 1. The van der Waals surface area contributed by atoms with Crippen LogP contribution in [0, 0.1) is 0 Å². The fourth-order valence-corrected chi connectivity index (χ4v) is 3.12. The summed E-state index contributed by atoms with van der Waals surface area (Å²) in [6, 6.07) is 26.7. The number of carboxylic acids is 1. The normalized spacial score (nSPS) is 10.6. The van der Waals surface area contributed by atoms with Crippen molar-refractivity contribution in [2.45, 2.75) is 0 Å². The summed E-state index contributed by atoms with van der Waals surface area (Å²) in [6.07, 6.45) is 0. The lowest BCUT2D eigenvalue weighted by molar-refractivity contribution is 0.0683. The van der Waals surface area contributed by atoms with E-state index >= 15 is 0 Å². The van der Waals surface area contributed by atoms with Gasteiger partial charge in [-0.1, -0.05) is 78.9 Å². The molecule has 0 saturated heterocycles. The molecule has 5 heteroatoms. The third-order valence-corrected chi connectivity index (χ3v) is 4.40. The Labute approximate surface area is 161 Å². The van der Waals surface area contributed by atoms with Crippen molar-refractivity contribution in [3.63, 3.8) is 0 Å². The predicted octanol–water partition coefficient (Wildman–Crippen LogP) is 4.47. The van der Waals surface area contributed by atoms with E-state index in [1.165, 1.54) is 4.68 Å². The first-order valence-electron chi connectivity index (χ1n) is 8.73. The Morgan fingerprint density at radius 3 is 1.86 bits per heavy atom. The fourth-order valence-electron chi connectivity index (χ4n) is 3.12. The number of rotatable bonds is 5. The smallest absolute Gasteiger partial charge is 0.355 e. The first kappa shape index (κ1) is 17.4. The van der Waals surface area contributed by atoms with Crippen molar-refractivity contribution in [2.24, 2.45) is 0 Å². The third-order valence-electron chi connectivity index (χ3n) is 4.40. The van der Waals surface area contributed by atoms with E-state index in [1.54, 1.807) is 54.6 Å². The highest BCUT2D eigenvalue weighted by molar-refractivity contribution is 6.17. The van der Waals surface area contributed by atoms with Crippen molar-refractivity contribution < 1.29 is 14.7 Å². The van der Waals surface area contributed by atoms with Crippen LogP contribution in [-0.2, 0) is 0 Å². The maximum Gasteiger partial charge on any atom is 0.355 e. The molecule has 136 valence electrons. The SMILES string of the molecule is O=C(c1ccccc1)c1c(-c2ccccc2)nn(-c2ccccc2)c1C(=O)O. The molecule has 0 saturated carbocycles. The van der Waals surface area contributed by atoms with Gasteiger partial charge in [-0.05, 0) is 12.1 Å². The average molecular weight is 368 g/mol. The molecule has 28 heavy (non-hydrogen) atoms. The van der Waals surface area contributed by atoms with E-state index in [2.05, 4.69) is 5.10 Å².